The molecule has 5 heterocycles. The van der Waals surface area contributed by atoms with Crippen LogP contribution in [0, 0.1) is 17.8 Å². The van der Waals surface area contributed by atoms with Crippen LogP contribution in [-0.4, -0.2) is 137 Å². The van der Waals surface area contributed by atoms with Gasteiger partial charge in [-0.05, 0) is 97.7 Å². The van der Waals surface area contributed by atoms with Crippen molar-refractivity contribution in [1.29, 1.82) is 0 Å². The van der Waals surface area contributed by atoms with Gasteiger partial charge in [-0.1, -0.05) is 39.5 Å². The number of carbonyl (C=O) groups excluding carboxylic acids is 2. The van der Waals surface area contributed by atoms with Crippen LogP contribution in [-0.2, 0) is 33.3 Å². The first-order valence-electron chi connectivity index (χ1n) is 19.2. The number of aliphatic hydroxyl groups excluding tert-OH is 1. The summed E-state index contributed by atoms with van der Waals surface area (Å²) in [5, 5.41) is 23.8. The molecule has 2 bridgehead atoms. The van der Waals surface area contributed by atoms with Gasteiger partial charge in [0.15, 0.2) is 12.1 Å². The maximum absolute atomic E-state index is 14.4. The number of rotatable bonds is 7. The number of Topliss-reactive ketones (excluding diaryl/α,β-unsaturated/α-hetero) is 1. The van der Waals surface area contributed by atoms with Crippen molar-refractivity contribution in [1.82, 2.24) is 14.8 Å². The van der Waals surface area contributed by atoms with Crippen LogP contribution in [0.3, 0.4) is 0 Å². The molecule has 12 nitrogen and oxygen atoms in total. The summed E-state index contributed by atoms with van der Waals surface area (Å²) in [5.41, 5.74) is -1.30. The molecule has 1 aromatic rings. The number of hydrogen-bond acceptors (Lipinski definition) is 12. The fourth-order valence-electron chi connectivity index (χ4n) is 8.37. The fraction of sp³-hybridized carbons (Fsp3) is 0.732. The number of aromatic nitrogens is 1. The van der Waals surface area contributed by atoms with E-state index < -0.39 is 65.5 Å². The van der Waals surface area contributed by atoms with Crippen LogP contribution >= 0.6 is 0 Å². The van der Waals surface area contributed by atoms with Crippen molar-refractivity contribution in [2.45, 2.75) is 135 Å². The van der Waals surface area contributed by atoms with Crippen LogP contribution < -0.4 is 0 Å². The molecule has 1 aromatic heterocycles. The van der Waals surface area contributed by atoms with Gasteiger partial charge in [-0.3, -0.25) is 19.5 Å². The van der Waals surface area contributed by atoms with Crippen molar-refractivity contribution in [3.05, 3.63) is 48.3 Å². The van der Waals surface area contributed by atoms with E-state index in [0.717, 1.165) is 5.69 Å². The molecule has 0 unspecified atom stereocenters. The number of carbonyl (C=O) groups is 2. The van der Waals surface area contributed by atoms with Crippen molar-refractivity contribution >= 4 is 17.8 Å². The summed E-state index contributed by atoms with van der Waals surface area (Å²) >= 11 is 0. The highest BCUT2D eigenvalue weighted by Gasteiger charge is 2.51. The minimum atomic E-state index is -1.61. The minimum Gasteiger partial charge on any atom is -0.459 e. The number of hydrogen-bond donors (Lipinski definition) is 2. The third-order valence-corrected chi connectivity index (χ3v) is 11.5. The molecule has 4 aliphatic rings. The van der Waals surface area contributed by atoms with Gasteiger partial charge in [-0.2, -0.15) is 0 Å². The molecule has 2 N–H and O–H groups in total. The van der Waals surface area contributed by atoms with Gasteiger partial charge in [0, 0.05) is 37.3 Å². The molecule has 12 heteroatoms. The molecule has 0 radical (unpaired) electrons. The number of ketones is 1. The molecule has 53 heavy (non-hydrogen) atoms. The first kappa shape index (κ1) is 43.2. The van der Waals surface area contributed by atoms with Crippen LogP contribution in [0.1, 0.15) is 80.3 Å². The summed E-state index contributed by atoms with van der Waals surface area (Å²) in [6.45, 7) is 20.2. The van der Waals surface area contributed by atoms with Gasteiger partial charge in [-0.25, -0.2) is 0 Å². The summed E-state index contributed by atoms with van der Waals surface area (Å²) < 4.78 is 32.4. The fourth-order valence-corrected chi connectivity index (χ4v) is 8.37. The van der Waals surface area contributed by atoms with Gasteiger partial charge in [-0.15, -0.1) is 0 Å². The predicted octanol–water partition coefficient (Wildman–Crippen LogP) is 4.28. The van der Waals surface area contributed by atoms with Crippen molar-refractivity contribution in [3.8, 4) is 0 Å². The Bertz CT molecular complexity index is 1410. The van der Waals surface area contributed by atoms with E-state index in [1.807, 2.05) is 71.0 Å². The summed E-state index contributed by atoms with van der Waals surface area (Å²) in [6, 6.07) is 5.35. The maximum Gasteiger partial charge on any atom is 0.316 e. The SMILES string of the molecule is C=C1CO[C@@H]2[C@@H](C)CN(C/C=C/c3ccccn3)[C@H](C)C[C@@](C)(OC1)[C@H](O[C@@H]1O[C@H](C)C[C@H](N(C)C)[C@H]1O)[C@@H](C)C(=O)[C@@H](C)C(=O)O[C@H](CC)[C@@]2(C)O. The van der Waals surface area contributed by atoms with Gasteiger partial charge in [0.1, 0.15) is 23.7 Å². The Kier molecular flexibility index (Phi) is 15.0. The van der Waals surface area contributed by atoms with Gasteiger partial charge in [0.2, 0.25) is 0 Å². The summed E-state index contributed by atoms with van der Waals surface area (Å²) in [6.07, 6.45) is 2.08. The van der Waals surface area contributed by atoms with Crippen LogP contribution in [0.15, 0.2) is 42.6 Å². The standard InChI is InChI=1S/C41H65N3O9/c1-12-33-41(9,48)36-26(3)22-44(19-15-17-31-16-13-14-18-42-31)27(4)21-40(8,50-24-25(2)23-49-36)37(29(6)34(45)30(7)38(47)52-33)53-39-35(46)32(43(10)11)20-28(5)51-39/h13-18,26-30,32-33,35-37,39,46,48H,2,12,19-24H2,1,3-11H3/b17-15+/t26-,27+,28+,29-,30+,32-,33+,35+,36+,37+,39-,40+,41+/m0/s1. The number of fused-ring (bicyclic) bond motifs is 15. The van der Waals surface area contributed by atoms with Crippen LogP contribution in [0.2, 0.25) is 0 Å². The van der Waals surface area contributed by atoms with E-state index >= 15 is 0 Å². The highest BCUT2D eigenvalue weighted by atomic mass is 16.7. The summed E-state index contributed by atoms with van der Waals surface area (Å²) in [7, 11) is 3.81. The molecule has 298 valence electrons. The number of esters is 1. The molecule has 4 fully saturated rings. The highest BCUT2D eigenvalue weighted by molar-refractivity contribution is 6.00. The van der Waals surface area contributed by atoms with Crippen molar-refractivity contribution in [3.63, 3.8) is 0 Å². The third kappa shape index (κ3) is 10.4. The maximum atomic E-state index is 14.4. The van der Waals surface area contributed by atoms with E-state index in [1.54, 1.807) is 20.0 Å². The molecular formula is C41H65N3O9. The van der Waals surface area contributed by atoms with Crippen molar-refractivity contribution in [2.75, 3.05) is 40.4 Å². The van der Waals surface area contributed by atoms with Gasteiger partial charge in [0.25, 0.3) is 0 Å². The average Bonchev–Trinajstić information content (AvgIpc) is 3.11. The molecule has 0 aromatic carbocycles. The van der Waals surface area contributed by atoms with E-state index in [2.05, 4.69) is 29.5 Å². The van der Waals surface area contributed by atoms with E-state index in [9.17, 15) is 19.8 Å². The Balaban J connectivity index is 1.87. The van der Waals surface area contributed by atoms with Crippen LogP contribution in [0.5, 0.6) is 0 Å². The quantitative estimate of drug-likeness (QED) is 0.234. The Morgan fingerprint density at radius 2 is 1.85 bits per heavy atom. The first-order valence-corrected chi connectivity index (χ1v) is 19.2. The molecule has 0 spiro atoms. The molecule has 5 rings (SSSR count). The lowest BCUT2D eigenvalue weighted by Crippen LogP contribution is -2.60. The molecular weight excluding hydrogens is 678 g/mol. The summed E-state index contributed by atoms with van der Waals surface area (Å²) in [4.78, 5) is 36.9. The van der Waals surface area contributed by atoms with E-state index in [4.69, 9.17) is 23.7 Å². The number of aliphatic hydroxyl groups is 2. The zero-order valence-electron chi connectivity index (χ0n) is 33.6. The van der Waals surface area contributed by atoms with Gasteiger partial charge >= 0.3 is 5.97 Å². The molecule has 4 aliphatic heterocycles. The van der Waals surface area contributed by atoms with Gasteiger partial charge < -0.3 is 38.8 Å². The second-order valence-electron chi connectivity index (χ2n) is 16.3. The van der Waals surface area contributed by atoms with E-state index in [0.29, 0.717) is 37.9 Å². The summed E-state index contributed by atoms with van der Waals surface area (Å²) in [5.74, 6) is -3.46. The van der Waals surface area contributed by atoms with E-state index in [1.165, 1.54) is 6.92 Å². The lowest BCUT2D eigenvalue weighted by molar-refractivity contribution is -0.297. The number of likely N-dealkylation sites (N-methyl/N-ethyl adjacent to an activating group) is 1. The molecule has 0 amide bonds. The monoisotopic (exact) mass is 743 g/mol. The first-order chi connectivity index (χ1) is 24.9. The highest BCUT2D eigenvalue weighted by Crippen LogP contribution is 2.38. The van der Waals surface area contributed by atoms with Crippen LogP contribution in [0.25, 0.3) is 6.08 Å². The zero-order valence-corrected chi connectivity index (χ0v) is 33.6. The molecule has 4 saturated heterocycles. The second-order valence-corrected chi connectivity index (χ2v) is 16.3. The number of pyridine rings is 1. The normalized spacial score (nSPS) is 40.3. The molecule has 0 aliphatic carbocycles. The minimum absolute atomic E-state index is 0.0831. The van der Waals surface area contributed by atoms with Crippen molar-refractivity contribution < 1.29 is 43.5 Å². The predicted molar refractivity (Wildman–Crippen MR) is 203 cm³/mol. The topological polar surface area (TPSA) is 140 Å². The second kappa shape index (κ2) is 18.4. The Hall–Kier alpha value is -2.55. The molecule has 0 saturated carbocycles. The van der Waals surface area contributed by atoms with Crippen LogP contribution in [0.4, 0.5) is 0 Å². The largest absolute Gasteiger partial charge is 0.459 e. The number of ether oxygens (including phenoxy) is 5. The van der Waals surface area contributed by atoms with Crippen molar-refractivity contribution in [2.24, 2.45) is 17.8 Å². The van der Waals surface area contributed by atoms with Gasteiger partial charge in [0.05, 0.1) is 42.8 Å². The Morgan fingerprint density at radius 1 is 1.13 bits per heavy atom. The third-order valence-electron chi connectivity index (χ3n) is 11.5. The number of nitrogens with zero attached hydrogens (tertiary/aromatic N) is 3. The lowest BCUT2D eigenvalue weighted by atomic mass is 9.79. The average molecular weight is 744 g/mol. The lowest BCUT2D eigenvalue weighted by Gasteiger charge is -2.48. The Morgan fingerprint density at radius 3 is 2.49 bits per heavy atom. The van der Waals surface area contributed by atoms with E-state index in [-0.39, 0.29) is 37.3 Å². The smallest absolute Gasteiger partial charge is 0.316 e. The molecule has 13 atom stereocenters. The Labute approximate surface area is 316 Å². The zero-order chi connectivity index (χ0) is 39.2.